The summed E-state index contributed by atoms with van der Waals surface area (Å²) in [6, 6.07) is 7.83. The lowest BCUT2D eigenvalue weighted by atomic mass is 10.2. The maximum Gasteiger partial charge on any atom is 0.261 e. The molecule has 2 aromatic heterocycles. The molecule has 4 heteroatoms. The van der Waals surface area contributed by atoms with Gasteiger partial charge in [-0.05, 0) is 36.6 Å². The number of thiophene rings is 1. The van der Waals surface area contributed by atoms with E-state index in [9.17, 15) is 4.79 Å². The lowest BCUT2D eigenvalue weighted by molar-refractivity contribution is 0.0958. The number of aromatic nitrogens is 1. The molecule has 2 aromatic rings. The largest absolute Gasteiger partial charge is 0.351 e. The summed E-state index contributed by atoms with van der Waals surface area (Å²) in [6.07, 6.45) is 5.37. The second kappa shape index (κ2) is 6.31. The number of carbonyl (C=O) groups excluding carboxylic acids is 1. The van der Waals surface area contributed by atoms with Gasteiger partial charge in [-0.1, -0.05) is 13.0 Å². The van der Waals surface area contributed by atoms with E-state index in [-0.39, 0.29) is 5.91 Å². The standard InChI is InChI=1S/C14H16N2OS/c1-2-12-5-6-13(18-12)14(17)16-9-7-11-4-3-8-15-10-11/h3-6,8,10H,2,7,9H2,1H3,(H,16,17). The second-order valence-corrected chi connectivity index (χ2v) is 5.16. The number of nitrogens with zero attached hydrogens (tertiary/aromatic N) is 1. The molecule has 0 fully saturated rings. The normalized spacial score (nSPS) is 10.3. The fourth-order valence-electron chi connectivity index (χ4n) is 1.64. The Morgan fingerprint density at radius 2 is 2.28 bits per heavy atom. The minimum Gasteiger partial charge on any atom is -0.351 e. The topological polar surface area (TPSA) is 42.0 Å². The van der Waals surface area contributed by atoms with E-state index < -0.39 is 0 Å². The average Bonchev–Trinajstić information content (AvgIpc) is 2.89. The number of pyridine rings is 1. The van der Waals surface area contributed by atoms with Crippen LogP contribution in [0.5, 0.6) is 0 Å². The highest BCUT2D eigenvalue weighted by Crippen LogP contribution is 2.16. The summed E-state index contributed by atoms with van der Waals surface area (Å²) >= 11 is 1.56. The maximum atomic E-state index is 11.8. The highest BCUT2D eigenvalue weighted by Gasteiger charge is 2.07. The number of rotatable bonds is 5. The minimum absolute atomic E-state index is 0.0172. The van der Waals surface area contributed by atoms with Gasteiger partial charge in [-0.15, -0.1) is 11.3 Å². The summed E-state index contributed by atoms with van der Waals surface area (Å²) in [6.45, 7) is 2.74. The first-order valence-corrected chi connectivity index (χ1v) is 6.87. The lowest BCUT2D eigenvalue weighted by Gasteiger charge is -2.03. The van der Waals surface area contributed by atoms with Gasteiger partial charge in [0, 0.05) is 23.8 Å². The Morgan fingerprint density at radius 1 is 1.39 bits per heavy atom. The van der Waals surface area contributed by atoms with E-state index in [0.717, 1.165) is 23.3 Å². The summed E-state index contributed by atoms with van der Waals surface area (Å²) in [5.41, 5.74) is 1.14. The van der Waals surface area contributed by atoms with Gasteiger partial charge in [-0.2, -0.15) is 0 Å². The minimum atomic E-state index is 0.0172. The zero-order valence-corrected chi connectivity index (χ0v) is 11.2. The van der Waals surface area contributed by atoms with Crippen LogP contribution < -0.4 is 5.32 Å². The molecule has 0 bridgehead atoms. The average molecular weight is 260 g/mol. The Morgan fingerprint density at radius 3 is 2.94 bits per heavy atom. The first kappa shape index (κ1) is 12.8. The molecule has 2 heterocycles. The number of carbonyl (C=O) groups is 1. The molecule has 1 N–H and O–H groups in total. The molecule has 1 amide bonds. The van der Waals surface area contributed by atoms with Gasteiger partial charge in [-0.25, -0.2) is 0 Å². The van der Waals surface area contributed by atoms with Crippen molar-refractivity contribution in [1.29, 1.82) is 0 Å². The molecule has 0 aliphatic heterocycles. The zero-order valence-electron chi connectivity index (χ0n) is 10.3. The number of hydrogen-bond donors (Lipinski definition) is 1. The van der Waals surface area contributed by atoms with Crippen molar-refractivity contribution in [3.63, 3.8) is 0 Å². The fourth-order valence-corrected chi connectivity index (χ4v) is 2.51. The van der Waals surface area contributed by atoms with Gasteiger partial charge in [0.1, 0.15) is 0 Å². The van der Waals surface area contributed by atoms with Crippen LogP contribution in [-0.4, -0.2) is 17.4 Å². The van der Waals surface area contributed by atoms with E-state index in [1.807, 2.05) is 30.5 Å². The van der Waals surface area contributed by atoms with E-state index in [4.69, 9.17) is 0 Å². The van der Waals surface area contributed by atoms with E-state index in [1.165, 1.54) is 4.88 Å². The van der Waals surface area contributed by atoms with Crippen molar-refractivity contribution in [1.82, 2.24) is 10.3 Å². The molecule has 3 nitrogen and oxygen atoms in total. The van der Waals surface area contributed by atoms with Crippen LogP contribution in [-0.2, 0) is 12.8 Å². The third-order valence-corrected chi connectivity index (χ3v) is 3.88. The summed E-state index contributed by atoms with van der Waals surface area (Å²) in [5, 5.41) is 2.93. The van der Waals surface area contributed by atoms with E-state index in [1.54, 1.807) is 17.5 Å². The van der Waals surface area contributed by atoms with Crippen molar-refractivity contribution in [2.45, 2.75) is 19.8 Å². The molecule has 0 atom stereocenters. The van der Waals surface area contributed by atoms with Crippen molar-refractivity contribution in [3.05, 3.63) is 52.0 Å². The van der Waals surface area contributed by atoms with Crippen LogP contribution in [0.25, 0.3) is 0 Å². The number of nitrogens with one attached hydrogen (secondary N) is 1. The molecule has 0 saturated heterocycles. The summed E-state index contributed by atoms with van der Waals surface area (Å²) in [7, 11) is 0. The molecule has 0 saturated carbocycles. The van der Waals surface area contributed by atoms with Crippen LogP contribution in [0.2, 0.25) is 0 Å². The van der Waals surface area contributed by atoms with Crippen LogP contribution >= 0.6 is 11.3 Å². The molecule has 0 aliphatic rings. The zero-order chi connectivity index (χ0) is 12.8. The van der Waals surface area contributed by atoms with Crippen molar-refractivity contribution in [2.24, 2.45) is 0 Å². The first-order valence-electron chi connectivity index (χ1n) is 6.05. The third-order valence-electron chi connectivity index (χ3n) is 2.66. The third kappa shape index (κ3) is 3.40. The highest BCUT2D eigenvalue weighted by atomic mass is 32.1. The van der Waals surface area contributed by atoms with Crippen molar-refractivity contribution in [2.75, 3.05) is 6.54 Å². The van der Waals surface area contributed by atoms with E-state index >= 15 is 0 Å². The maximum absolute atomic E-state index is 11.8. The van der Waals surface area contributed by atoms with Crippen LogP contribution in [0.3, 0.4) is 0 Å². The van der Waals surface area contributed by atoms with Gasteiger partial charge in [0.15, 0.2) is 0 Å². The molecule has 0 spiro atoms. The van der Waals surface area contributed by atoms with E-state index in [2.05, 4.69) is 17.2 Å². The molecule has 0 aromatic carbocycles. The molecular weight excluding hydrogens is 244 g/mol. The van der Waals surface area contributed by atoms with Gasteiger partial charge < -0.3 is 5.32 Å². The monoisotopic (exact) mass is 260 g/mol. The second-order valence-electron chi connectivity index (χ2n) is 3.99. The van der Waals surface area contributed by atoms with Gasteiger partial charge in [0.25, 0.3) is 5.91 Å². The molecule has 2 rings (SSSR count). The predicted molar refractivity (Wildman–Crippen MR) is 74.0 cm³/mol. The Balaban J connectivity index is 1.81. The predicted octanol–water partition coefficient (Wildman–Crippen LogP) is 2.68. The molecule has 0 unspecified atom stereocenters. The Labute approximate surface area is 111 Å². The quantitative estimate of drug-likeness (QED) is 0.898. The van der Waals surface area contributed by atoms with E-state index in [0.29, 0.717) is 6.54 Å². The summed E-state index contributed by atoms with van der Waals surface area (Å²) in [5.74, 6) is 0.0172. The van der Waals surface area contributed by atoms with Gasteiger partial charge in [0.2, 0.25) is 0 Å². The Bertz CT molecular complexity index is 508. The number of aryl methyl sites for hydroxylation is 1. The van der Waals surface area contributed by atoms with Crippen LogP contribution in [0.4, 0.5) is 0 Å². The molecule has 0 radical (unpaired) electrons. The van der Waals surface area contributed by atoms with Gasteiger partial charge >= 0.3 is 0 Å². The Kier molecular flexibility index (Phi) is 4.47. The molecule has 18 heavy (non-hydrogen) atoms. The van der Waals surface area contributed by atoms with Crippen molar-refractivity contribution >= 4 is 17.2 Å². The lowest BCUT2D eigenvalue weighted by Crippen LogP contribution is -2.24. The van der Waals surface area contributed by atoms with Crippen LogP contribution in [0, 0.1) is 0 Å². The SMILES string of the molecule is CCc1ccc(C(=O)NCCc2cccnc2)s1. The number of hydrogen-bond acceptors (Lipinski definition) is 3. The molecular formula is C14H16N2OS. The smallest absolute Gasteiger partial charge is 0.261 e. The highest BCUT2D eigenvalue weighted by molar-refractivity contribution is 7.14. The van der Waals surface area contributed by atoms with Crippen molar-refractivity contribution in [3.8, 4) is 0 Å². The summed E-state index contributed by atoms with van der Waals surface area (Å²) < 4.78 is 0. The van der Waals surface area contributed by atoms with Crippen LogP contribution in [0.15, 0.2) is 36.7 Å². The van der Waals surface area contributed by atoms with Gasteiger partial charge in [0.05, 0.1) is 4.88 Å². The first-order chi connectivity index (χ1) is 8.79. The molecule has 94 valence electrons. The molecule has 0 aliphatic carbocycles. The van der Waals surface area contributed by atoms with Crippen molar-refractivity contribution < 1.29 is 4.79 Å². The fraction of sp³-hybridized carbons (Fsp3) is 0.286. The number of amides is 1. The Hall–Kier alpha value is -1.68. The van der Waals surface area contributed by atoms with Crippen LogP contribution in [0.1, 0.15) is 27.0 Å². The summed E-state index contributed by atoms with van der Waals surface area (Å²) in [4.78, 5) is 17.9. The van der Waals surface area contributed by atoms with Gasteiger partial charge in [-0.3, -0.25) is 9.78 Å².